The molecular weight excluding hydrogens is 356 g/mol. The highest BCUT2D eigenvalue weighted by Gasteiger charge is 2.08. The first-order valence-electron chi connectivity index (χ1n) is 9.06. The molecule has 0 fully saturated rings. The molecule has 4 N–H and O–H groups in total. The van der Waals surface area contributed by atoms with Crippen molar-refractivity contribution in [3.63, 3.8) is 0 Å². The third-order valence-electron chi connectivity index (χ3n) is 3.83. The summed E-state index contributed by atoms with van der Waals surface area (Å²) in [6, 6.07) is 8.34. The van der Waals surface area contributed by atoms with Gasteiger partial charge in [-0.15, -0.1) is 0 Å². The van der Waals surface area contributed by atoms with Crippen LogP contribution in [-0.2, 0) is 4.79 Å². The van der Waals surface area contributed by atoms with Gasteiger partial charge in [0.25, 0.3) is 0 Å². The highest BCUT2D eigenvalue weighted by Crippen LogP contribution is 2.24. The van der Waals surface area contributed by atoms with Gasteiger partial charge in [-0.3, -0.25) is 9.59 Å². The zero-order valence-corrected chi connectivity index (χ0v) is 17.5. The van der Waals surface area contributed by atoms with Gasteiger partial charge in [0.1, 0.15) is 5.82 Å². The van der Waals surface area contributed by atoms with Gasteiger partial charge in [0.05, 0.1) is 17.4 Å². The monoisotopic (exact) mass is 388 g/mol. The van der Waals surface area contributed by atoms with Crippen LogP contribution in [0, 0.1) is 13.8 Å². The van der Waals surface area contributed by atoms with Crippen LogP contribution in [0.4, 0.5) is 17.2 Å². The Morgan fingerprint density at radius 3 is 2.36 bits per heavy atom. The molecule has 0 spiro atoms. The van der Waals surface area contributed by atoms with E-state index in [0.717, 1.165) is 36.8 Å². The number of carbonyl (C=O) groups excluding carboxylic acids is 2. The van der Waals surface area contributed by atoms with Crippen molar-refractivity contribution in [3.8, 4) is 0 Å². The highest BCUT2D eigenvalue weighted by molar-refractivity contribution is 5.85. The number of anilines is 3. The van der Waals surface area contributed by atoms with E-state index < -0.39 is 0 Å². The number of nitrogens with one attached hydrogen (secondary N) is 3. The first kappa shape index (κ1) is 25.1. The maximum absolute atomic E-state index is 11.3. The van der Waals surface area contributed by atoms with Crippen LogP contribution in [0.3, 0.4) is 0 Å². The lowest BCUT2D eigenvalue weighted by atomic mass is 10.1. The van der Waals surface area contributed by atoms with Crippen molar-refractivity contribution in [2.24, 2.45) is 0 Å². The van der Waals surface area contributed by atoms with Gasteiger partial charge in [-0.05, 0) is 50.5 Å². The minimum atomic E-state index is 0.282. The minimum Gasteiger partial charge on any atom is -0.400 e. The summed E-state index contributed by atoms with van der Waals surface area (Å²) in [6.07, 6.45) is 4.19. The fraction of sp³-hybridized carbons (Fsp3) is 0.381. The van der Waals surface area contributed by atoms with Gasteiger partial charge in [0.15, 0.2) is 6.29 Å². The number of hydrogen-bond acceptors (Lipinski definition) is 6. The van der Waals surface area contributed by atoms with Gasteiger partial charge < -0.3 is 21.1 Å². The van der Waals surface area contributed by atoms with E-state index in [9.17, 15) is 4.79 Å². The van der Waals surface area contributed by atoms with Crippen LogP contribution in [0.5, 0.6) is 0 Å². The van der Waals surface area contributed by atoms with Gasteiger partial charge in [0, 0.05) is 25.9 Å². The Hall–Kier alpha value is -2.93. The predicted molar refractivity (Wildman–Crippen MR) is 115 cm³/mol. The topological polar surface area (TPSA) is 103 Å². The van der Waals surface area contributed by atoms with Gasteiger partial charge in [-0.2, -0.15) is 0 Å². The third-order valence-corrected chi connectivity index (χ3v) is 3.83. The highest BCUT2D eigenvalue weighted by atomic mass is 16.2. The molecule has 0 bridgehead atoms. The maximum atomic E-state index is 11.3. The molecule has 0 saturated carbocycles. The van der Waals surface area contributed by atoms with Crippen molar-refractivity contribution in [2.75, 3.05) is 24.8 Å². The summed E-state index contributed by atoms with van der Waals surface area (Å²) in [5.41, 5.74) is 4.74. The fourth-order valence-corrected chi connectivity index (χ4v) is 2.12. The molecule has 2 rings (SSSR count). The smallest absolute Gasteiger partial charge is 0.206 e. The van der Waals surface area contributed by atoms with Crippen LogP contribution in [0.15, 0.2) is 30.5 Å². The van der Waals surface area contributed by atoms with Crippen molar-refractivity contribution in [3.05, 3.63) is 47.2 Å². The number of benzene rings is 1. The number of carbonyl (C=O) groups is 2. The Kier molecular flexibility index (Phi) is 12.7. The van der Waals surface area contributed by atoms with E-state index in [0.29, 0.717) is 17.8 Å². The molecule has 1 aromatic heterocycles. The van der Waals surface area contributed by atoms with Crippen molar-refractivity contribution >= 4 is 29.9 Å². The number of aromatic nitrogens is 1. The van der Waals surface area contributed by atoms with E-state index in [-0.39, 0.29) is 6.04 Å². The third kappa shape index (κ3) is 8.64. The Morgan fingerprint density at radius 2 is 1.82 bits per heavy atom. The molecule has 2 aromatic rings. The molecule has 7 heteroatoms. The molecule has 1 amide bonds. The summed E-state index contributed by atoms with van der Waals surface area (Å²) < 4.78 is 0. The molecule has 28 heavy (non-hydrogen) atoms. The first-order valence-corrected chi connectivity index (χ1v) is 9.06. The Balaban J connectivity index is 0.00000108. The van der Waals surface area contributed by atoms with Crippen molar-refractivity contribution in [1.82, 2.24) is 10.3 Å². The number of amides is 1. The second-order valence-corrected chi connectivity index (χ2v) is 6.08. The fourth-order valence-electron chi connectivity index (χ4n) is 2.12. The van der Waals surface area contributed by atoms with E-state index in [2.05, 4.69) is 66.8 Å². The maximum Gasteiger partial charge on any atom is 0.206 e. The zero-order chi connectivity index (χ0) is 21.5. The lowest BCUT2D eigenvalue weighted by molar-refractivity contribution is -0.109. The average Bonchev–Trinajstić information content (AvgIpc) is 2.73. The van der Waals surface area contributed by atoms with Gasteiger partial charge >= 0.3 is 0 Å². The number of hydrogen-bond donors (Lipinski definition) is 4. The van der Waals surface area contributed by atoms with E-state index in [1.165, 1.54) is 5.56 Å². The number of rotatable bonds is 7. The van der Waals surface area contributed by atoms with Crippen LogP contribution in [0.1, 0.15) is 41.8 Å². The van der Waals surface area contributed by atoms with E-state index in [1.54, 1.807) is 13.2 Å². The zero-order valence-electron chi connectivity index (χ0n) is 17.5. The van der Waals surface area contributed by atoms with Gasteiger partial charge in [-0.1, -0.05) is 19.1 Å². The molecule has 0 aliphatic heterocycles. The second kappa shape index (κ2) is 14.2. The number of nitrogens with zero attached hydrogens (tertiary/aromatic N) is 1. The number of aliphatic hydroxyl groups is 1. The van der Waals surface area contributed by atoms with E-state index in [4.69, 9.17) is 9.90 Å². The summed E-state index contributed by atoms with van der Waals surface area (Å²) in [7, 11) is 2.56. The molecule has 1 unspecified atom stereocenters. The lowest BCUT2D eigenvalue weighted by Gasteiger charge is -2.15. The molecule has 0 aliphatic rings. The quantitative estimate of drug-likeness (QED) is 0.542. The van der Waals surface area contributed by atoms with Crippen LogP contribution in [-0.4, -0.2) is 43.0 Å². The first-order chi connectivity index (χ1) is 13.4. The Bertz CT molecular complexity index is 736. The predicted octanol–water partition coefficient (Wildman–Crippen LogP) is 3.44. The van der Waals surface area contributed by atoms with Gasteiger partial charge in [-0.25, -0.2) is 4.98 Å². The molecule has 1 aromatic carbocycles. The van der Waals surface area contributed by atoms with Crippen LogP contribution < -0.4 is 16.0 Å². The van der Waals surface area contributed by atoms with Gasteiger partial charge in [0.2, 0.25) is 6.41 Å². The molecule has 7 nitrogen and oxygen atoms in total. The molecule has 1 atom stereocenters. The van der Waals surface area contributed by atoms with Crippen molar-refractivity contribution in [1.29, 1.82) is 0 Å². The normalized spacial score (nSPS) is 10.2. The largest absolute Gasteiger partial charge is 0.400 e. The standard InChI is InChI=1S/C18H23N3O.C2H5NO.CH4O/c1-5-14(4)20-18-15(11-22)9-16(10-19-18)21-17-8-12(2)6-7-13(17)3;1-3-2-4;1-2/h6-11,14,21H,5H2,1-4H3,(H,19,20);2H,1H3,(H,3,4);2H,1H3. The summed E-state index contributed by atoms with van der Waals surface area (Å²) in [6.45, 7) is 8.26. The molecular formula is C21H32N4O3. The number of aldehydes is 1. The number of pyridine rings is 1. The van der Waals surface area contributed by atoms with Crippen LogP contribution in [0.2, 0.25) is 0 Å². The molecule has 0 radical (unpaired) electrons. The summed E-state index contributed by atoms with van der Waals surface area (Å²) >= 11 is 0. The summed E-state index contributed by atoms with van der Waals surface area (Å²) in [5, 5.41) is 15.8. The molecule has 0 saturated heterocycles. The average molecular weight is 389 g/mol. The Morgan fingerprint density at radius 1 is 1.18 bits per heavy atom. The lowest BCUT2D eigenvalue weighted by Crippen LogP contribution is -2.16. The van der Waals surface area contributed by atoms with Crippen LogP contribution >= 0.6 is 0 Å². The van der Waals surface area contributed by atoms with Crippen LogP contribution in [0.25, 0.3) is 0 Å². The number of aryl methyl sites for hydroxylation is 2. The van der Waals surface area contributed by atoms with Crippen molar-refractivity contribution < 1.29 is 14.7 Å². The molecule has 1 heterocycles. The van der Waals surface area contributed by atoms with E-state index in [1.807, 2.05) is 6.07 Å². The van der Waals surface area contributed by atoms with E-state index >= 15 is 0 Å². The van der Waals surface area contributed by atoms with Crippen molar-refractivity contribution in [2.45, 2.75) is 40.2 Å². The minimum absolute atomic E-state index is 0.282. The second-order valence-electron chi connectivity index (χ2n) is 6.08. The molecule has 154 valence electrons. The summed E-state index contributed by atoms with van der Waals surface area (Å²) in [4.78, 5) is 24.8. The SMILES string of the molecule is CCC(C)Nc1ncc(Nc2cc(C)ccc2C)cc1C=O.CNC=O.CO. The molecule has 0 aliphatic carbocycles. The number of aliphatic hydroxyl groups excluding tert-OH is 1. The summed E-state index contributed by atoms with van der Waals surface area (Å²) in [5.74, 6) is 0.635. The Labute approximate surface area is 167 Å².